The van der Waals surface area contributed by atoms with E-state index in [9.17, 15) is 20.6 Å². The molecule has 4 aliphatic rings. The van der Waals surface area contributed by atoms with Gasteiger partial charge in [0.2, 0.25) is 11.8 Å². The molecule has 2 N–H and O–H groups in total. The number of fused-ring (bicyclic) bond motifs is 4. The summed E-state index contributed by atoms with van der Waals surface area (Å²) >= 11 is 21.3. The lowest BCUT2D eigenvalue weighted by molar-refractivity contribution is 0.385. The molecule has 0 unspecified atom stereocenters. The first-order valence-corrected chi connectivity index (χ1v) is 24.8. The van der Waals surface area contributed by atoms with E-state index in [0.29, 0.717) is 75.1 Å². The van der Waals surface area contributed by atoms with Crippen molar-refractivity contribution in [1.82, 2.24) is 45.2 Å². The highest BCUT2D eigenvalue weighted by molar-refractivity contribution is 9.10. The van der Waals surface area contributed by atoms with Crippen LogP contribution in [0, 0.1) is 34.0 Å². The van der Waals surface area contributed by atoms with Crippen molar-refractivity contribution >= 4 is 67.8 Å². The van der Waals surface area contributed by atoms with Gasteiger partial charge in [0.25, 0.3) is 5.56 Å². The quantitative estimate of drug-likeness (QED) is 0.156. The van der Waals surface area contributed by atoms with Gasteiger partial charge in [0.15, 0.2) is 0 Å². The summed E-state index contributed by atoms with van der Waals surface area (Å²) < 4.78 is 11.2. The fraction of sp³-hybridized carbons (Fsp3) is 0.275. The van der Waals surface area contributed by atoms with E-state index in [4.69, 9.17) is 44.3 Å². The minimum atomic E-state index is -0.118. The van der Waals surface area contributed by atoms with E-state index in [1.54, 1.807) is 57.2 Å². The van der Waals surface area contributed by atoms with Crippen LogP contribution in [0.2, 0.25) is 15.1 Å². The number of nitriles is 3. The SMILES string of the molecule is COc1ncnc2c1CN(c1ccc(Cl)cc1C#N)CC2.COc1ncnc2c1CNCC2.N#Cc1cc(Cl)ccc1N1CCc2nc[nH]c(=O)c2C1.N#Cc1cc(Cl)ccc1N1CCc2ncnc(Br)c2C1. The first kappa shape index (κ1) is 51.9. The van der Waals surface area contributed by atoms with Gasteiger partial charge in [-0.3, -0.25) is 4.79 Å². The first-order valence-electron chi connectivity index (χ1n) is 22.8. The van der Waals surface area contributed by atoms with Crippen LogP contribution in [0.5, 0.6) is 11.8 Å². The molecule has 0 saturated heterocycles. The number of nitrogens with zero attached hydrogens (tertiary/aromatic N) is 13. The third kappa shape index (κ3) is 12.3. The zero-order valence-electron chi connectivity index (χ0n) is 39.5. The van der Waals surface area contributed by atoms with Gasteiger partial charge >= 0.3 is 0 Å². The summed E-state index contributed by atoms with van der Waals surface area (Å²) in [7, 11) is 3.24. The maximum absolute atomic E-state index is 11.8. The van der Waals surface area contributed by atoms with Crippen LogP contribution in [0.25, 0.3) is 0 Å². The second-order valence-corrected chi connectivity index (χ2v) is 18.7. The maximum atomic E-state index is 11.8. The van der Waals surface area contributed by atoms with E-state index in [0.717, 1.165) is 113 Å². The zero-order chi connectivity index (χ0) is 51.4. The molecule has 8 heterocycles. The van der Waals surface area contributed by atoms with Crippen LogP contribution in [0.3, 0.4) is 0 Å². The number of benzene rings is 3. The lowest BCUT2D eigenvalue weighted by Gasteiger charge is -2.31. The summed E-state index contributed by atoms with van der Waals surface area (Å²) in [6.45, 7) is 5.92. The number of aromatic nitrogens is 8. The van der Waals surface area contributed by atoms with Gasteiger partial charge in [-0.1, -0.05) is 34.8 Å². The van der Waals surface area contributed by atoms with Crippen molar-refractivity contribution < 1.29 is 9.47 Å². The topological polar surface area (TPSA) is 235 Å². The highest BCUT2D eigenvalue weighted by atomic mass is 79.9. The molecule has 73 heavy (non-hydrogen) atoms. The van der Waals surface area contributed by atoms with Crippen LogP contribution in [-0.2, 0) is 51.9 Å². The Morgan fingerprint density at radius 3 is 1.48 bits per heavy atom. The molecule has 0 atom stereocenters. The van der Waals surface area contributed by atoms with Gasteiger partial charge in [-0.2, -0.15) is 15.8 Å². The maximum Gasteiger partial charge on any atom is 0.255 e. The van der Waals surface area contributed by atoms with E-state index in [1.165, 1.54) is 12.7 Å². The minimum absolute atomic E-state index is 0.118. The third-order valence-corrected chi connectivity index (χ3v) is 13.8. The molecule has 4 aromatic heterocycles. The molecule has 0 saturated carbocycles. The molecule has 4 aliphatic heterocycles. The van der Waals surface area contributed by atoms with Crippen molar-refractivity contribution in [1.29, 1.82) is 15.8 Å². The normalized spacial score (nSPS) is 13.9. The number of nitrogens with one attached hydrogen (secondary N) is 2. The third-order valence-electron chi connectivity index (χ3n) is 12.4. The fourth-order valence-corrected chi connectivity index (χ4v) is 9.77. The van der Waals surface area contributed by atoms with Crippen LogP contribution in [0.1, 0.15) is 61.7 Å². The molecular formula is C51H45BrCl3N15O3. The van der Waals surface area contributed by atoms with Gasteiger partial charge in [-0.15, -0.1) is 0 Å². The Balaban J connectivity index is 0.000000132. The van der Waals surface area contributed by atoms with Crippen LogP contribution < -0.4 is 35.0 Å². The molecule has 22 heteroatoms. The van der Waals surface area contributed by atoms with E-state index < -0.39 is 0 Å². The Kier molecular flexibility index (Phi) is 17.3. The van der Waals surface area contributed by atoms with Crippen LogP contribution in [-0.4, -0.2) is 80.3 Å². The van der Waals surface area contributed by atoms with Gasteiger partial charge in [-0.25, -0.2) is 34.9 Å². The molecule has 18 nitrogen and oxygen atoms in total. The van der Waals surface area contributed by atoms with Crippen LogP contribution >= 0.6 is 50.7 Å². The Morgan fingerprint density at radius 1 is 0.562 bits per heavy atom. The number of halogens is 4. The van der Waals surface area contributed by atoms with Gasteiger partial charge < -0.3 is 34.5 Å². The largest absolute Gasteiger partial charge is 0.481 e. The van der Waals surface area contributed by atoms with Crippen LogP contribution in [0.15, 0.2) is 89.3 Å². The zero-order valence-corrected chi connectivity index (χ0v) is 43.4. The van der Waals surface area contributed by atoms with E-state index in [2.05, 4.69) is 89.1 Å². The van der Waals surface area contributed by atoms with E-state index in [-0.39, 0.29) is 5.56 Å². The molecule has 3 aromatic carbocycles. The number of hydrogen-bond donors (Lipinski definition) is 2. The molecule has 0 radical (unpaired) electrons. The predicted molar refractivity (Wildman–Crippen MR) is 280 cm³/mol. The van der Waals surface area contributed by atoms with Crippen molar-refractivity contribution in [3.8, 4) is 30.0 Å². The van der Waals surface area contributed by atoms with Gasteiger partial charge in [-0.05, 0) is 70.5 Å². The van der Waals surface area contributed by atoms with Crippen molar-refractivity contribution in [2.24, 2.45) is 0 Å². The summed E-state index contributed by atoms with van der Waals surface area (Å²) in [5.41, 5.74) is 12.0. The van der Waals surface area contributed by atoms with Gasteiger partial charge in [0.05, 0.1) is 101 Å². The van der Waals surface area contributed by atoms with Crippen molar-refractivity contribution in [3.63, 3.8) is 0 Å². The highest BCUT2D eigenvalue weighted by Crippen LogP contribution is 2.33. The summed E-state index contributed by atoms with van der Waals surface area (Å²) in [5, 5.41) is 32.7. The molecule has 0 fully saturated rings. The molecule has 0 spiro atoms. The molecule has 7 aromatic rings. The Morgan fingerprint density at radius 2 is 0.986 bits per heavy atom. The Hall–Kier alpha value is -7.44. The fourth-order valence-electron chi connectivity index (χ4n) is 8.81. The summed E-state index contributed by atoms with van der Waals surface area (Å²) in [6.07, 6.45) is 9.37. The monoisotopic (exact) mass is 1100 g/mol. The highest BCUT2D eigenvalue weighted by Gasteiger charge is 2.26. The van der Waals surface area contributed by atoms with Crippen molar-refractivity contribution in [2.75, 3.05) is 55.1 Å². The second kappa shape index (κ2) is 24.3. The lowest BCUT2D eigenvalue weighted by Crippen LogP contribution is -2.35. The molecule has 370 valence electrons. The molecule has 0 aliphatic carbocycles. The molecular weight excluding hydrogens is 1060 g/mol. The first-order chi connectivity index (χ1) is 35.5. The number of ether oxygens (including phenoxy) is 2. The Labute approximate surface area is 444 Å². The number of anilines is 3. The van der Waals surface area contributed by atoms with Crippen LogP contribution in [0.4, 0.5) is 17.1 Å². The minimum Gasteiger partial charge on any atom is -0.481 e. The Bertz CT molecular complexity index is 3310. The summed E-state index contributed by atoms with van der Waals surface area (Å²) in [4.78, 5) is 50.1. The van der Waals surface area contributed by atoms with Crippen molar-refractivity contribution in [3.05, 3.63) is 172 Å². The average Bonchev–Trinajstić information content (AvgIpc) is 3.43. The van der Waals surface area contributed by atoms with Crippen molar-refractivity contribution in [2.45, 2.75) is 51.9 Å². The number of aromatic amines is 1. The average molecular weight is 1100 g/mol. The predicted octanol–water partition coefficient (Wildman–Crippen LogP) is 7.89. The molecule has 0 amide bonds. The molecule has 11 rings (SSSR count). The van der Waals surface area contributed by atoms with E-state index >= 15 is 0 Å². The number of H-pyrrole nitrogens is 1. The van der Waals surface area contributed by atoms with Gasteiger partial charge in [0.1, 0.15) is 41.8 Å². The summed E-state index contributed by atoms with van der Waals surface area (Å²) in [6, 6.07) is 22.5. The number of methoxy groups -OCH3 is 2. The number of hydrogen-bond acceptors (Lipinski definition) is 17. The van der Waals surface area contributed by atoms with E-state index in [1.807, 2.05) is 29.2 Å². The lowest BCUT2D eigenvalue weighted by atomic mass is 10.0. The molecule has 0 bridgehead atoms. The van der Waals surface area contributed by atoms with Gasteiger partial charge in [0, 0.05) is 91.1 Å². The smallest absolute Gasteiger partial charge is 0.255 e. The standard InChI is InChI=1S/C15H13ClN4O.C14H10BrClN4.C14H11ClN4O.C8H11N3O/c1-21-15-12-8-20(5-4-13(12)18-9-19-15)14-3-2-11(16)6-10(14)7-17;15-14-11-7-20(4-3-12(11)18-8-19-14)13-2-1-10(16)5-9(13)6-17;15-10-1-2-13(9(5-10)6-16)19-4-3-12-11(7-19)14(20)18-8-17-12;1-12-8-6-4-9-3-2-7(6)10-5-11-8/h2-3,6,9H,4-5,8H2,1H3;1-2,5,8H,3-4,7H2;1-2,5,8H,3-4,7H2,(H,17,18,20);5,9H,2-4H2,1H3. The number of rotatable bonds is 5. The summed E-state index contributed by atoms with van der Waals surface area (Å²) in [5.74, 6) is 1.30. The second-order valence-electron chi connectivity index (χ2n) is 16.6.